The molecule has 0 fully saturated rings. The summed E-state index contributed by atoms with van der Waals surface area (Å²) >= 11 is 0. The van der Waals surface area contributed by atoms with Gasteiger partial charge in [-0.25, -0.2) is 9.78 Å². The SMILES string of the molecule is COc1ncccc1CNC(=O)C[C@H](NC(N)=O)c1ccccc1. The Morgan fingerprint density at radius 2 is 1.96 bits per heavy atom. The van der Waals surface area contributed by atoms with Crippen LogP contribution in [0.5, 0.6) is 5.88 Å². The number of nitrogens with zero attached hydrogens (tertiary/aromatic N) is 1. The van der Waals surface area contributed by atoms with Gasteiger partial charge in [0.1, 0.15) is 0 Å². The van der Waals surface area contributed by atoms with Gasteiger partial charge in [0.05, 0.1) is 19.6 Å². The smallest absolute Gasteiger partial charge is 0.312 e. The lowest BCUT2D eigenvalue weighted by atomic mass is 10.0. The maximum atomic E-state index is 12.2. The predicted octanol–water partition coefficient (Wildman–Crippen LogP) is 1.51. The van der Waals surface area contributed by atoms with Crippen molar-refractivity contribution in [3.8, 4) is 5.88 Å². The molecule has 7 heteroatoms. The van der Waals surface area contributed by atoms with E-state index in [1.54, 1.807) is 12.3 Å². The Kier molecular flexibility index (Phi) is 6.13. The van der Waals surface area contributed by atoms with Gasteiger partial charge in [-0.2, -0.15) is 0 Å². The van der Waals surface area contributed by atoms with E-state index in [1.165, 1.54) is 7.11 Å². The zero-order chi connectivity index (χ0) is 17.4. The van der Waals surface area contributed by atoms with Gasteiger partial charge in [0.2, 0.25) is 11.8 Å². The normalized spacial score (nSPS) is 11.4. The summed E-state index contributed by atoms with van der Waals surface area (Å²) in [5, 5.41) is 5.38. The lowest BCUT2D eigenvalue weighted by molar-refractivity contribution is -0.121. The number of methoxy groups -OCH3 is 1. The second kappa shape index (κ2) is 8.52. The van der Waals surface area contributed by atoms with E-state index < -0.39 is 12.1 Å². The van der Waals surface area contributed by atoms with Crippen molar-refractivity contribution in [3.63, 3.8) is 0 Å². The Bertz CT molecular complexity index is 691. The Balaban J connectivity index is 1.99. The highest BCUT2D eigenvalue weighted by Gasteiger charge is 2.17. The molecule has 1 heterocycles. The van der Waals surface area contributed by atoms with Crippen LogP contribution in [0.2, 0.25) is 0 Å². The number of carbonyl (C=O) groups excluding carboxylic acids is 2. The van der Waals surface area contributed by atoms with Crippen LogP contribution < -0.4 is 21.1 Å². The number of hydrogen-bond acceptors (Lipinski definition) is 4. The molecular weight excluding hydrogens is 308 g/mol. The molecule has 1 atom stereocenters. The van der Waals surface area contributed by atoms with Gasteiger partial charge in [-0.3, -0.25) is 4.79 Å². The molecule has 7 nitrogen and oxygen atoms in total. The third-order valence-electron chi connectivity index (χ3n) is 3.43. The number of pyridine rings is 1. The molecule has 0 aliphatic heterocycles. The van der Waals surface area contributed by atoms with Crippen molar-refractivity contribution in [3.05, 3.63) is 59.8 Å². The maximum absolute atomic E-state index is 12.2. The predicted molar refractivity (Wildman–Crippen MR) is 89.2 cm³/mol. The van der Waals surface area contributed by atoms with Crippen molar-refractivity contribution in [2.24, 2.45) is 5.73 Å². The molecule has 0 aliphatic carbocycles. The highest BCUT2D eigenvalue weighted by Crippen LogP contribution is 2.17. The number of ether oxygens (including phenoxy) is 1. The van der Waals surface area contributed by atoms with Crippen molar-refractivity contribution < 1.29 is 14.3 Å². The van der Waals surface area contributed by atoms with Crippen LogP contribution in [-0.2, 0) is 11.3 Å². The molecule has 2 rings (SSSR count). The van der Waals surface area contributed by atoms with Gasteiger partial charge in [0.25, 0.3) is 0 Å². The second-order valence-corrected chi connectivity index (χ2v) is 5.12. The van der Waals surface area contributed by atoms with Crippen LogP contribution in [0.4, 0.5) is 4.79 Å². The number of nitrogens with two attached hydrogens (primary N) is 1. The van der Waals surface area contributed by atoms with Crippen molar-refractivity contribution in [1.82, 2.24) is 15.6 Å². The lowest BCUT2D eigenvalue weighted by Gasteiger charge is -2.18. The number of benzene rings is 1. The molecule has 4 N–H and O–H groups in total. The number of nitrogens with one attached hydrogen (secondary N) is 2. The summed E-state index contributed by atoms with van der Waals surface area (Å²) in [7, 11) is 1.52. The van der Waals surface area contributed by atoms with E-state index in [0.717, 1.165) is 11.1 Å². The first-order valence-electron chi connectivity index (χ1n) is 7.45. The van der Waals surface area contributed by atoms with E-state index in [4.69, 9.17) is 10.5 Å². The first kappa shape index (κ1) is 17.3. The van der Waals surface area contributed by atoms with Crippen LogP contribution in [0.3, 0.4) is 0 Å². The monoisotopic (exact) mass is 328 g/mol. The number of aromatic nitrogens is 1. The Labute approximate surface area is 140 Å². The molecule has 0 spiro atoms. The summed E-state index contributed by atoms with van der Waals surface area (Å²) in [4.78, 5) is 27.5. The Morgan fingerprint density at radius 1 is 1.21 bits per heavy atom. The summed E-state index contributed by atoms with van der Waals surface area (Å²) in [6.07, 6.45) is 1.70. The minimum Gasteiger partial charge on any atom is -0.481 e. The Hall–Kier alpha value is -3.09. The Morgan fingerprint density at radius 3 is 2.62 bits per heavy atom. The van der Waals surface area contributed by atoms with Crippen LogP contribution in [0.15, 0.2) is 48.7 Å². The van der Waals surface area contributed by atoms with E-state index in [1.807, 2.05) is 36.4 Å². The van der Waals surface area contributed by atoms with Gasteiger partial charge in [-0.15, -0.1) is 0 Å². The highest BCUT2D eigenvalue weighted by atomic mass is 16.5. The van der Waals surface area contributed by atoms with Gasteiger partial charge in [0.15, 0.2) is 0 Å². The molecule has 24 heavy (non-hydrogen) atoms. The van der Waals surface area contributed by atoms with Crippen molar-refractivity contribution >= 4 is 11.9 Å². The van der Waals surface area contributed by atoms with Crippen molar-refractivity contribution in [2.75, 3.05) is 7.11 Å². The van der Waals surface area contributed by atoms with Crippen LogP contribution in [-0.4, -0.2) is 24.0 Å². The molecule has 2 aromatic rings. The zero-order valence-corrected chi connectivity index (χ0v) is 13.4. The van der Waals surface area contributed by atoms with Crippen LogP contribution in [0.25, 0.3) is 0 Å². The molecular formula is C17H20N4O3. The third kappa shape index (κ3) is 4.98. The van der Waals surface area contributed by atoms with Gasteiger partial charge in [-0.05, 0) is 11.6 Å². The van der Waals surface area contributed by atoms with Gasteiger partial charge in [0, 0.05) is 18.3 Å². The fraction of sp³-hybridized carbons (Fsp3) is 0.235. The quantitative estimate of drug-likeness (QED) is 0.716. The average Bonchev–Trinajstić information content (AvgIpc) is 2.60. The highest BCUT2D eigenvalue weighted by molar-refractivity contribution is 5.78. The first-order chi connectivity index (χ1) is 11.6. The number of carbonyl (C=O) groups is 2. The number of urea groups is 1. The van der Waals surface area contributed by atoms with Crippen molar-refractivity contribution in [1.29, 1.82) is 0 Å². The topological polar surface area (TPSA) is 106 Å². The third-order valence-corrected chi connectivity index (χ3v) is 3.43. The van der Waals surface area contributed by atoms with Crippen LogP contribution in [0, 0.1) is 0 Å². The molecule has 0 unspecified atom stereocenters. The standard InChI is InChI=1S/C17H20N4O3/c1-24-16-13(8-5-9-19-16)11-20-15(22)10-14(21-17(18)23)12-6-3-2-4-7-12/h2-9,14H,10-11H2,1H3,(H,20,22)(H3,18,21,23)/t14-/m0/s1. The maximum Gasteiger partial charge on any atom is 0.312 e. The zero-order valence-electron chi connectivity index (χ0n) is 13.4. The largest absolute Gasteiger partial charge is 0.481 e. The molecule has 0 saturated heterocycles. The molecule has 0 radical (unpaired) electrons. The van der Waals surface area contributed by atoms with E-state index in [9.17, 15) is 9.59 Å². The summed E-state index contributed by atoms with van der Waals surface area (Å²) in [5.74, 6) is 0.246. The molecule has 1 aromatic carbocycles. The minimum atomic E-state index is -0.675. The van der Waals surface area contributed by atoms with Crippen molar-refractivity contribution in [2.45, 2.75) is 19.0 Å². The van der Waals surface area contributed by atoms with E-state index in [0.29, 0.717) is 5.88 Å². The fourth-order valence-electron chi connectivity index (χ4n) is 2.30. The number of primary amides is 1. The molecule has 126 valence electrons. The summed E-state index contributed by atoms with van der Waals surface area (Å²) in [6.45, 7) is 0.286. The number of rotatable bonds is 7. The number of amides is 3. The van der Waals surface area contributed by atoms with Crippen LogP contribution in [0.1, 0.15) is 23.6 Å². The van der Waals surface area contributed by atoms with Crippen LogP contribution >= 0.6 is 0 Å². The summed E-state index contributed by atoms with van der Waals surface area (Å²) in [5.41, 5.74) is 6.78. The summed E-state index contributed by atoms with van der Waals surface area (Å²) in [6, 6.07) is 11.6. The summed E-state index contributed by atoms with van der Waals surface area (Å²) < 4.78 is 5.14. The minimum absolute atomic E-state index is 0.0789. The van der Waals surface area contributed by atoms with E-state index in [-0.39, 0.29) is 18.9 Å². The fourth-order valence-corrected chi connectivity index (χ4v) is 2.30. The molecule has 1 aromatic heterocycles. The first-order valence-corrected chi connectivity index (χ1v) is 7.45. The number of hydrogen-bond donors (Lipinski definition) is 3. The van der Waals surface area contributed by atoms with E-state index in [2.05, 4.69) is 15.6 Å². The molecule has 0 saturated carbocycles. The lowest BCUT2D eigenvalue weighted by Crippen LogP contribution is -2.36. The molecule has 3 amide bonds. The van der Waals surface area contributed by atoms with Gasteiger partial charge in [-0.1, -0.05) is 36.4 Å². The van der Waals surface area contributed by atoms with E-state index >= 15 is 0 Å². The molecule has 0 bridgehead atoms. The van der Waals surface area contributed by atoms with Gasteiger partial charge >= 0.3 is 6.03 Å². The molecule has 0 aliphatic rings. The van der Waals surface area contributed by atoms with Gasteiger partial charge < -0.3 is 21.1 Å². The average molecular weight is 328 g/mol. The second-order valence-electron chi connectivity index (χ2n) is 5.12.